The fraction of sp³-hybridized carbons (Fsp3) is 0.571. The average Bonchev–Trinajstić information content (AvgIpc) is 2.46. The highest BCUT2D eigenvalue weighted by molar-refractivity contribution is 7.89. The number of sulfonamides is 1. The molecule has 1 rings (SSSR count). The van der Waals surface area contributed by atoms with E-state index in [9.17, 15) is 8.42 Å². The molecule has 0 spiro atoms. The molecule has 0 radical (unpaired) electrons. The molecule has 20 heavy (non-hydrogen) atoms. The van der Waals surface area contributed by atoms with E-state index in [1.807, 2.05) is 24.8 Å². The van der Waals surface area contributed by atoms with Gasteiger partial charge in [0.1, 0.15) is 4.90 Å². The summed E-state index contributed by atoms with van der Waals surface area (Å²) in [4.78, 5) is 2.27. The number of nitrogens with zero attached hydrogens (tertiary/aromatic N) is 1. The fourth-order valence-corrected chi connectivity index (χ4v) is 3.33. The van der Waals surface area contributed by atoms with E-state index in [4.69, 9.17) is 5.11 Å². The SMILES string of the molecule is CCCNS(=O)(=O)c1ccccc1N(CC)CCCO. The third-order valence-corrected chi connectivity index (χ3v) is 4.51. The third-order valence-electron chi connectivity index (χ3n) is 3.01. The van der Waals surface area contributed by atoms with Crippen molar-refractivity contribution < 1.29 is 13.5 Å². The number of nitrogens with one attached hydrogen (secondary N) is 1. The Hall–Kier alpha value is -1.11. The van der Waals surface area contributed by atoms with Crippen LogP contribution in [0.3, 0.4) is 0 Å². The molecule has 0 aromatic heterocycles. The predicted molar refractivity (Wildman–Crippen MR) is 81.5 cm³/mol. The summed E-state index contributed by atoms with van der Waals surface area (Å²) in [7, 11) is -3.49. The number of anilines is 1. The van der Waals surface area contributed by atoms with E-state index >= 15 is 0 Å². The summed E-state index contributed by atoms with van der Waals surface area (Å²) < 4.78 is 27.2. The predicted octanol–water partition coefficient (Wildman–Crippen LogP) is 1.58. The van der Waals surface area contributed by atoms with Crippen molar-refractivity contribution in [2.75, 3.05) is 31.1 Å². The van der Waals surface area contributed by atoms with Crippen LogP contribution in [0.5, 0.6) is 0 Å². The van der Waals surface area contributed by atoms with E-state index in [-0.39, 0.29) is 6.61 Å². The smallest absolute Gasteiger partial charge is 0.242 e. The van der Waals surface area contributed by atoms with Gasteiger partial charge in [-0.2, -0.15) is 0 Å². The molecular formula is C14H24N2O3S. The van der Waals surface area contributed by atoms with Crippen LogP contribution in [0.15, 0.2) is 29.2 Å². The van der Waals surface area contributed by atoms with Crippen molar-refractivity contribution in [1.29, 1.82) is 0 Å². The molecule has 0 bridgehead atoms. The molecule has 6 heteroatoms. The molecule has 1 aromatic rings. The Balaban J connectivity index is 3.08. The van der Waals surface area contributed by atoms with E-state index in [2.05, 4.69) is 4.72 Å². The van der Waals surface area contributed by atoms with Gasteiger partial charge in [0.2, 0.25) is 10.0 Å². The Bertz CT molecular complexity index is 503. The van der Waals surface area contributed by atoms with Crippen LogP contribution in [0.4, 0.5) is 5.69 Å². The zero-order chi connectivity index (χ0) is 15.0. The number of aliphatic hydroxyl groups is 1. The first-order valence-electron chi connectivity index (χ1n) is 7.01. The first-order chi connectivity index (χ1) is 9.56. The highest BCUT2D eigenvalue weighted by Crippen LogP contribution is 2.24. The Morgan fingerprint density at radius 2 is 1.95 bits per heavy atom. The first-order valence-corrected chi connectivity index (χ1v) is 8.49. The van der Waals surface area contributed by atoms with Gasteiger partial charge in [0.15, 0.2) is 0 Å². The molecule has 0 saturated carbocycles. The van der Waals surface area contributed by atoms with Gasteiger partial charge in [-0.25, -0.2) is 13.1 Å². The number of aliphatic hydroxyl groups excluding tert-OH is 1. The van der Waals surface area contributed by atoms with Crippen molar-refractivity contribution >= 4 is 15.7 Å². The normalized spacial score (nSPS) is 11.6. The third kappa shape index (κ3) is 4.47. The van der Waals surface area contributed by atoms with Gasteiger partial charge in [-0.15, -0.1) is 0 Å². The lowest BCUT2D eigenvalue weighted by Crippen LogP contribution is -2.30. The van der Waals surface area contributed by atoms with E-state index in [1.54, 1.807) is 18.2 Å². The number of para-hydroxylation sites is 1. The van der Waals surface area contributed by atoms with Gasteiger partial charge < -0.3 is 10.0 Å². The zero-order valence-electron chi connectivity index (χ0n) is 12.2. The zero-order valence-corrected chi connectivity index (χ0v) is 13.0. The van der Waals surface area contributed by atoms with Gasteiger partial charge in [0.05, 0.1) is 5.69 Å². The molecule has 1 aromatic carbocycles. The standard InChI is InChI=1S/C14H24N2O3S/c1-3-10-15-20(18,19)14-9-6-5-8-13(14)16(4-2)11-7-12-17/h5-6,8-9,15,17H,3-4,7,10-12H2,1-2H3. The highest BCUT2D eigenvalue weighted by Gasteiger charge is 2.20. The molecule has 0 saturated heterocycles. The minimum Gasteiger partial charge on any atom is -0.396 e. The van der Waals surface area contributed by atoms with Crippen LogP contribution in [0, 0.1) is 0 Å². The summed E-state index contributed by atoms with van der Waals surface area (Å²) in [6.45, 7) is 5.75. The van der Waals surface area contributed by atoms with Gasteiger partial charge in [-0.05, 0) is 31.9 Å². The topological polar surface area (TPSA) is 69.6 Å². The van der Waals surface area contributed by atoms with E-state index < -0.39 is 10.0 Å². The summed E-state index contributed by atoms with van der Waals surface area (Å²) in [5, 5.41) is 8.95. The molecule has 0 heterocycles. The van der Waals surface area contributed by atoms with Crippen molar-refractivity contribution in [1.82, 2.24) is 4.72 Å². The molecule has 0 aliphatic rings. The number of rotatable bonds is 9. The molecule has 0 amide bonds. The van der Waals surface area contributed by atoms with Crippen molar-refractivity contribution in [3.63, 3.8) is 0 Å². The van der Waals surface area contributed by atoms with Gasteiger partial charge in [-0.1, -0.05) is 19.1 Å². The quantitative estimate of drug-likeness (QED) is 0.726. The summed E-state index contributed by atoms with van der Waals surface area (Å²) in [6.07, 6.45) is 1.37. The van der Waals surface area contributed by atoms with Crippen molar-refractivity contribution in [2.24, 2.45) is 0 Å². The van der Waals surface area contributed by atoms with Crippen LogP contribution in [0.1, 0.15) is 26.7 Å². The van der Waals surface area contributed by atoms with E-state index in [0.717, 1.165) is 6.42 Å². The monoisotopic (exact) mass is 300 g/mol. The van der Waals surface area contributed by atoms with Gasteiger partial charge in [-0.3, -0.25) is 0 Å². The van der Waals surface area contributed by atoms with Crippen LogP contribution in [0.25, 0.3) is 0 Å². The van der Waals surface area contributed by atoms with Gasteiger partial charge >= 0.3 is 0 Å². The van der Waals surface area contributed by atoms with Crippen LogP contribution in [0.2, 0.25) is 0 Å². The maximum absolute atomic E-state index is 12.3. The van der Waals surface area contributed by atoms with Gasteiger partial charge in [0.25, 0.3) is 0 Å². The van der Waals surface area contributed by atoms with Crippen molar-refractivity contribution in [3.8, 4) is 0 Å². The second kappa shape index (κ2) is 8.24. The number of benzene rings is 1. The molecular weight excluding hydrogens is 276 g/mol. The maximum Gasteiger partial charge on any atom is 0.242 e. The van der Waals surface area contributed by atoms with Crippen LogP contribution < -0.4 is 9.62 Å². The Morgan fingerprint density at radius 1 is 1.25 bits per heavy atom. The Morgan fingerprint density at radius 3 is 2.55 bits per heavy atom. The average molecular weight is 300 g/mol. The first kappa shape index (κ1) is 16.9. The van der Waals surface area contributed by atoms with Crippen LogP contribution >= 0.6 is 0 Å². The Kier molecular flexibility index (Phi) is 6.98. The lowest BCUT2D eigenvalue weighted by Gasteiger charge is -2.25. The second-order valence-electron chi connectivity index (χ2n) is 4.52. The van der Waals surface area contributed by atoms with E-state index in [0.29, 0.717) is 36.6 Å². The molecule has 0 aliphatic heterocycles. The van der Waals surface area contributed by atoms with Crippen molar-refractivity contribution in [2.45, 2.75) is 31.6 Å². The van der Waals surface area contributed by atoms with Gasteiger partial charge in [0, 0.05) is 26.2 Å². The van der Waals surface area contributed by atoms with E-state index in [1.165, 1.54) is 0 Å². The molecule has 5 nitrogen and oxygen atoms in total. The summed E-state index contributed by atoms with van der Waals surface area (Å²) in [5.74, 6) is 0. The second-order valence-corrected chi connectivity index (χ2v) is 6.26. The summed E-state index contributed by atoms with van der Waals surface area (Å²) in [5.41, 5.74) is 0.687. The summed E-state index contributed by atoms with van der Waals surface area (Å²) >= 11 is 0. The lowest BCUT2D eigenvalue weighted by molar-refractivity contribution is 0.289. The number of hydrogen-bond donors (Lipinski definition) is 2. The number of hydrogen-bond acceptors (Lipinski definition) is 4. The minimum atomic E-state index is -3.49. The molecule has 0 aliphatic carbocycles. The molecule has 114 valence electrons. The highest BCUT2D eigenvalue weighted by atomic mass is 32.2. The summed E-state index contributed by atoms with van der Waals surface area (Å²) in [6, 6.07) is 6.98. The lowest BCUT2D eigenvalue weighted by atomic mass is 10.2. The fourth-order valence-electron chi connectivity index (χ4n) is 1.97. The minimum absolute atomic E-state index is 0.0967. The van der Waals surface area contributed by atoms with Crippen molar-refractivity contribution in [3.05, 3.63) is 24.3 Å². The molecule has 0 fully saturated rings. The van der Waals surface area contributed by atoms with Crippen LogP contribution in [-0.4, -0.2) is 39.8 Å². The van der Waals surface area contributed by atoms with Crippen LogP contribution in [-0.2, 0) is 10.0 Å². The Labute approximate surface area is 121 Å². The molecule has 0 unspecified atom stereocenters. The largest absolute Gasteiger partial charge is 0.396 e. The maximum atomic E-state index is 12.3. The molecule has 0 atom stereocenters. The molecule has 2 N–H and O–H groups in total.